The Labute approximate surface area is 774 Å². The minimum absolute atomic E-state index is 0.0331. The summed E-state index contributed by atoms with van der Waals surface area (Å²) in [5.74, 6) is -1.73. The molecule has 30 heteroatoms. The summed E-state index contributed by atoms with van der Waals surface area (Å²) in [5.41, 5.74) is 2.86. The number of carbonyl (C=O) groups is 8. The van der Waals surface area contributed by atoms with Crippen molar-refractivity contribution in [2.24, 2.45) is 0 Å². The van der Waals surface area contributed by atoms with Gasteiger partial charge in [-0.3, -0.25) is 38.4 Å². The fourth-order valence-corrected chi connectivity index (χ4v) is 15.7. The highest BCUT2D eigenvalue weighted by atomic mass is 79.9. The molecule has 1 saturated heterocycles. The number of nitrogens with zero attached hydrogens (tertiary/aromatic N) is 4. The number of amides is 8. The molecule has 10 aromatic carbocycles. The number of phenolic OH excluding ortho intramolecular Hbond substituents is 1. The van der Waals surface area contributed by atoms with Crippen molar-refractivity contribution in [1.29, 1.82) is 0 Å². The van der Waals surface area contributed by atoms with Crippen LogP contribution >= 0.6 is 47.8 Å². The Kier molecular flexibility index (Phi) is 32.5. The van der Waals surface area contributed by atoms with E-state index in [0.717, 1.165) is 98.0 Å². The minimum Gasteiger partial charge on any atom is -0.508 e. The quantitative estimate of drug-likeness (QED) is 0.0405. The van der Waals surface area contributed by atoms with Gasteiger partial charge in [-0.15, -0.1) is 0 Å². The van der Waals surface area contributed by atoms with Crippen molar-refractivity contribution >= 4 is 185 Å². The molecule has 0 unspecified atom stereocenters. The SMILES string of the molecule is BrCCCCCCBr.C1CCOC1.O=C1COc2ccc3ccccc3c2-c2c(ccc3ccccc23)OCC(=O)Nc2cccc(n2)NC(=O)c2cc(O)cc(c2)C(=O)Nc2cccc(n2)N1.O=C1COc2ccc3ccccc3c2-c2c(ccc3ccccc23)OCC(=O)Nc2cccc(n2)NC(=O)c2cc(OCCCCCCBr)cc(c2)C(=O)Nc2cccc(n2)N1. The van der Waals surface area contributed by atoms with Crippen molar-refractivity contribution < 1.29 is 71.9 Å². The standard InChI is InChI=1S/C48H41BrN6O7.C42H30N6O7.C6H12Br2.C4H8O/c49-23-7-1-2-8-24-60-34-26-32-25-33(27-34)48(59)55-42-18-10-16-40(51-42)53-44(57)29-62-38-22-20-31-12-4-6-14-36(31)46(38)45-35-13-5-3-11-30(35)19-21-37(45)61-28-43(56)52-39-15-9-17-41(50-39)54-47(32)58;49-28-20-26-19-27(21-28)42(53)48-36-14-6-12-34(44-36)46-38(51)23-55-32-18-16-25-8-2-4-10-30(25)40(32)39-29-9-3-1-7-24(29)15-17-31(39)54-22-37(50)45-33-11-5-13-35(43-33)47-41(26)52;7-5-3-1-2-4-6-8;1-2-4-5-3-1/h3-6,9-22,25-27H,1-2,7-8,23-24,28-29H2,(H2,50,52,54,56,58)(H2,51,53,55,57,59);1-21,49H,22-23H2,(H2,43,45,47,50,52)(H2,44,46,48,51,53);1-6H2;1-4H2. The van der Waals surface area contributed by atoms with Crippen LogP contribution in [-0.4, -0.2) is 135 Å². The minimum atomic E-state index is -0.670. The number of aromatic nitrogens is 4. The number of aromatic hydroxyl groups is 1. The van der Waals surface area contributed by atoms with E-state index in [2.05, 4.69) is 110 Å². The normalized spacial score (nSPS) is 13.7. The van der Waals surface area contributed by atoms with Crippen LogP contribution in [0.3, 0.4) is 0 Å². The predicted molar refractivity (Wildman–Crippen MR) is 517 cm³/mol. The Morgan fingerprint density at radius 2 is 0.554 bits per heavy atom. The average molecular weight is 1940 g/mol. The number of nitrogens with one attached hydrogen (secondary N) is 8. The Morgan fingerprint density at radius 3 is 0.823 bits per heavy atom. The number of hydrogen-bond acceptors (Lipinski definition) is 19. The summed E-state index contributed by atoms with van der Waals surface area (Å²) in [6.45, 7) is 0.833. The maximum absolute atomic E-state index is 13.7. The van der Waals surface area contributed by atoms with Gasteiger partial charge >= 0.3 is 0 Å². The fraction of sp³-hybridized carbons (Fsp3) is 0.200. The summed E-state index contributed by atoms with van der Waals surface area (Å²) >= 11 is 10.2. The highest BCUT2D eigenvalue weighted by molar-refractivity contribution is 9.09. The summed E-state index contributed by atoms with van der Waals surface area (Å²) in [6.07, 6.45) is 11.8. The van der Waals surface area contributed by atoms with Gasteiger partial charge in [-0.25, -0.2) is 19.9 Å². The van der Waals surface area contributed by atoms with Crippen LogP contribution < -0.4 is 66.2 Å². The van der Waals surface area contributed by atoms with E-state index >= 15 is 0 Å². The number of alkyl halides is 3. The molecule has 14 aromatic rings. The largest absolute Gasteiger partial charge is 0.508 e. The van der Waals surface area contributed by atoms with Crippen molar-refractivity contribution in [3.8, 4) is 56.8 Å². The number of phenols is 1. The first-order chi connectivity index (χ1) is 63.5. The molecule has 8 amide bonds. The lowest BCUT2D eigenvalue weighted by atomic mass is 9.92. The van der Waals surface area contributed by atoms with Crippen molar-refractivity contribution in [2.75, 3.05) is 105 Å². The van der Waals surface area contributed by atoms with Crippen molar-refractivity contribution in [3.05, 3.63) is 277 Å². The van der Waals surface area contributed by atoms with Crippen molar-refractivity contribution in [2.45, 2.75) is 64.2 Å². The molecule has 662 valence electrons. The number of unbranched alkanes of at least 4 members (excludes halogenated alkanes) is 6. The molecule has 17 rings (SSSR count). The number of halogens is 3. The zero-order chi connectivity index (χ0) is 90.5. The molecular formula is C100H91Br3N12O15. The van der Waals surface area contributed by atoms with Crippen LogP contribution in [-0.2, 0) is 23.9 Å². The Hall–Kier alpha value is -14.2. The lowest BCUT2D eigenvalue weighted by Crippen LogP contribution is -2.22. The van der Waals surface area contributed by atoms with Gasteiger partial charge < -0.3 is 76.1 Å². The number of hydrogen-bond donors (Lipinski definition) is 9. The van der Waals surface area contributed by atoms with Gasteiger partial charge in [0.2, 0.25) is 0 Å². The van der Waals surface area contributed by atoms with Gasteiger partial charge in [-0.1, -0.05) is 219 Å². The van der Waals surface area contributed by atoms with E-state index in [4.69, 9.17) is 28.4 Å². The summed E-state index contributed by atoms with van der Waals surface area (Å²) in [4.78, 5) is 125. The van der Waals surface area contributed by atoms with Crippen molar-refractivity contribution in [3.63, 3.8) is 0 Å². The van der Waals surface area contributed by atoms with Crippen LogP contribution in [0.4, 0.5) is 46.5 Å². The number of fused-ring (bicyclic) bond motifs is 26. The van der Waals surface area contributed by atoms with E-state index in [1.54, 1.807) is 97.1 Å². The molecule has 130 heavy (non-hydrogen) atoms. The lowest BCUT2D eigenvalue weighted by molar-refractivity contribution is -0.118. The molecule has 9 N–H and O–H groups in total. The van der Waals surface area contributed by atoms with E-state index in [0.29, 0.717) is 57.6 Å². The highest BCUT2D eigenvalue weighted by Gasteiger charge is 2.26. The molecule has 0 radical (unpaired) electrons. The molecule has 27 nitrogen and oxygen atoms in total. The molecular weight excluding hydrogens is 1850 g/mol. The summed E-state index contributed by atoms with van der Waals surface area (Å²) in [5, 5.41) is 42.4. The molecule has 3 aliphatic heterocycles. The van der Waals surface area contributed by atoms with Gasteiger partial charge in [0, 0.05) is 73.7 Å². The second-order valence-electron chi connectivity index (χ2n) is 30.0. The summed E-state index contributed by atoms with van der Waals surface area (Å²) in [7, 11) is 0. The first-order valence-electron chi connectivity index (χ1n) is 42.3. The maximum atomic E-state index is 13.7. The van der Waals surface area contributed by atoms with Crippen LogP contribution in [0.25, 0.3) is 65.3 Å². The Bertz CT molecular complexity index is 6110. The molecule has 12 bridgehead atoms. The zero-order valence-corrected chi connectivity index (χ0v) is 75.2. The monoisotopic (exact) mass is 1940 g/mol. The predicted octanol–water partition coefficient (Wildman–Crippen LogP) is 20.8. The van der Waals surface area contributed by atoms with Gasteiger partial charge in [-0.2, -0.15) is 0 Å². The van der Waals surface area contributed by atoms with E-state index in [1.165, 1.54) is 74.9 Å². The van der Waals surface area contributed by atoms with E-state index in [1.807, 2.05) is 121 Å². The molecule has 7 heterocycles. The number of carbonyl (C=O) groups excluding carboxylic acids is 8. The first-order valence-corrected chi connectivity index (χ1v) is 45.7. The molecule has 3 aliphatic rings. The number of benzene rings is 10. The highest BCUT2D eigenvalue weighted by Crippen LogP contribution is 2.48. The lowest BCUT2D eigenvalue weighted by Gasteiger charge is -2.19. The third kappa shape index (κ3) is 25.2. The average Bonchev–Trinajstić information content (AvgIpc) is 0.769. The van der Waals surface area contributed by atoms with Crippen LogP contribution in [0.2, 0.25) is 0 Å². The first kappa shape index (κ1) is 92.0. The van der Waals surface area contributed by atoms with E-state index in [-0.39, 0.29) is 87.8 Å². The van der Waals surface area contributed by atoms with Gasteiger partial charge in [0.1, 0.15) is 81.0 Å². The maximum Gasteiger partial charge on any atom is 0.263 e. The van der Waals surface area contributed by atoms with Crippen LogP contribution in [0.5, 0.6) is 34.5 Å². The van der Waals surface area contributed by atoms with Crippen molar-refractivity contribution in [1.82, 2.24) is 19.9 Å². The topological polar surface area (TPSA) is 360 Å². The third-order valence-corrected chi connectivity index (χ3v) is 22.2. The molecule has 0 spiro atoms. The molecule has 0 aliphatic carbocycles. The zero-order valence-electron chi connectivity index (χ0n) is 70.5. The summed E-state index contributed by atoms with van der Waals surface area (Å²) in [6, 6.07) is 73.1. The van der Waals surface area contributed by atoms with Crippen LogP contribution in [0.1, 0.15) is 106 Å². The summed E-state index contributed by atoms with van der Waals surface area (Å²) < 4.78 is 36.0. The number of anilines is 8. The number of pyridine rings is 4. The van der Waals surface area contributed by atoms with Crippen LogP contribution in [0, 0.1) is 0 Å². The molecule has 0 atom stereocenters. The molecule has 0 saturated carbocycles. The van der Waals surface area contributed by atoms with Gasteiger partial charge in [0.25, 0.3) is 47.3 Å². The van der Waals surface area contributed by atoms with E-state index in [9.17, 15) is 43.5 Å². The van der Waals surface area contributed by atoms with Gasteiger partial charge in [-0.05, 0) is 191 Å². The second kappa shape index (κ2) is 46.0. The Balaban J connectivity index is 0.000000185. The van der Waals surface area contributed by atoms with E-state index < -0.39 is 60.5 Å². The third-order valence-electron chi connectivity index (χ3n) is 20.5. The fourth-order valence-electron chi connectivity index (χ4n) is 14.5. The van der Waals surface area contributed by atoms with Crippen LogP contribution in [0.15, 0.2) is 255 Å². The second-order valence-corrected chi connectivity index (χ2v) is 32.4. The van der Waals surface area contributed by atoms with Gasteiger partial charge in [0.05, 0.1) is 6.61 Å². The van der Waals surface area contributed by atoms with Gasteiger partial charge in [0.15, 0.2) is 26.4 Å². The Morgan fingerprint density at radius 1 is 0.292 bits per heavy atom. The molecule has 4 aromatic heterocycles. The number of ether oxygens (including phenoxy) is 6. The smallest absolute Gasteiger partial charge is 0.263 e. The number of rotatable bonds is 12. The molecule has 1 fully saturated rings.